The van der Waals surface area contributed by atoms with Gasteiger partial charge in [-0.1, -0.05) is 32.1 Å². The normalized spacial score (nSPS) is 12.0. The van der Waals surface area contributed by atoms with E-state index in [0.717, 1.165) is 0 Å². The number of rotatable bonds is 3. The smallest absolute Gasteiger partial charge is 0.291 e. The van der Waals surface area contributed by atoms with Gasteiger partial charge in [0.25, 0.3) is 0 Å². The Morgan fingerprint density at radius 1 is 1.36 bits per heavy atom. The summed E-state index contributed by atoms with van der Waals surface area (Å²) in [6, 6.07) is 2.09. The molecule has 0 unspecified atom stereocenters. The van der Waals surface area contributed by atoms with E-state index in [9.17, 15) is 10.1 Å². The molecule has 11 heteroatoms. The Morgan fingerprint density at radius 2 is 2.12 bits per heavy atom. The van der Waals surface area contributed by atoms with Crippen LogP contribution in [0.5, 0.6) is 0 Å². The molecular weight excluding hydrogens is 342 g/mol. The van der Waals surface area contributed by atoms with Crippen molar-refractivity contribution in [3.63, 3.8) is 0 Å². The van der Waals surface area contributed by atoms with Gasteiger partial charge in [-0.05, 0) is 6.92 Å². The van der Waals surface area contributed by atoms with Gasteiger partial charge in [0.05, 0.1) is 11.4 Å². The van der Waals surface area contributed by atoms with E-state index in [1.54, 1.807) is 6.92 Å². The number of aryl methyl sites for hydroxylation is 1. The highest BCUT2D eigenvalue weighted by molar-refractivity contribution is 7.11. The van der Waals surface area contributed by atoms with Crippen molar-refractivity contribution in [3.05, 3.63) is 32.8 Å². The molecule has 0 aromatic carbocycles. The lowest BCUT2D eigenvalue weighted by Gasteiger charge is -2.15. The molecule has 2 N–H and O–H groups in total. The molecule has 3 aromatic rings. The molecule has 3 rings (SSSR count). The maximum atomic E-state index is 12.5. The SMILES string of the molecule is Cc1[nH]n(-c2nncs2)c(=O)c1N=Nc1n[nH]c(C(C)(C)C)c1C#N. The van der Waals surface area contributed by atoms with E-state index in [1.807, 2.05) is 20.8 Å². The molecular formula is C14H15N9OS. The monoisotopic (exact) mass is 357 g/mol. The molecule has 128 valence electrons. The molecule has 0 aliphatic rings. The fourth-order valence-electron chi connectivity index (χ4n) is 2.21. The summed E-state index contributed by atoms with van der Waals surface area (Å²) in [5.41, 5.74) is 2.46. The molecule has 0 aliphatic carbocycles. The predicted molar refractivity (Wildman–Crippen MR) is 90.8 cm³/mol. The van der Waals surface area contributed by atoms with Crippen LogP contribution in [0.25, 0.3) is 5.13 Å². The zero-order valence-corrected chi connectivity index (χ0v) is 14.8. The fourth-order valence-corrected chi connectivity index (χ4v) is 2.72. The summed E-state index contributed by atoms with van der Waals surface area (Å²) in [5.74, 6) is 0.148. The number of nitrogens with zero attached hydrogens (tertiary/aromatic N) is 7. The maximum absolute atomic E-state index is 12.5. The van der Waals surface area contributed by atoms with Crippen LogP contribution in [0.4, 0.5) is 11.5 Å². The third-order valence-corrected chi connectivity index (χ3v) is 4.11. The Kier molecular flexibility index (Phi) is 4.05. The molecule has 0 amide bonds. The van der Waals surface area contributed by atoms with Gasteiger partial charge in [0, 0.05) is 5.41 Å². The molecule has 0 saturated carbocycles. The summed E-state index contributed by atoms with van der Waals surface area (Å²) in [6.07, 6.45) is 0. The lowest BCUT2D eigenvalue weighted by Crippen LogP contribution is -2.13. The summed E-state index contributed by atoms with van der Waals surface area (Å²) in [5, 5.41) is 35.1. The molecule has 3 aromatic heterocycles. The average Bonchev–Trinajstić information content (AvgIpc) is 3.25. The average molecular weight is 357 g/mol. The number of nitrogens with one attached hydrogen (secondary N) is 2. The van der Waals surface area contributed by atoms with Crippen LogP contribution in [-0.2, 0) is 5.41 Å². The van der Waals surface area contributed by atoms with Gasteiger partial charge >= 0.3 is 5.56 Å². The number of azo groups is 1. The van der Waals surface area contributed by atoms with E-state index in [1.165, 1.54) is 21.5 Å². The van der Waals surface area contributed by atoms with Crippen molar-refractivity contribution in [2.75, 3.05) is 0 Å². The molecule has 0 bridgehead atoms. The molecule has 0 spiro atoms. The van der Waals surface area contributed by atoms with Gasteiger partial charge < -0.3 is 0 Å². The van der Waals surface area contributed by atoms with Crippen LogP contribution in [0.15, 0.2) is 20.5 Å². The largest absolute Gasteiger partial charge is 0.301 e. The summed E-state index contributed by atoms with van der Waals surface area (Å²) in [4.78, 5) is 12.5. The highest BCUT2D eigenvalue weighted by atomic mass is 32.1. The second-order valence-electron chi connectivity index (χ2n) is 6.31. The molecule has 3 heterocycles. The van der Waals surface area contributed by atoms with Crippen LogP contribution >= 0.6 is 11.3 Å². The lowest BCUT2D eigenvalue weighted by molar-refractivity contribution is 0.565. The lowest BCUT2D eigenvalue weighted by atomic mass is 9.90. The second-order valence-corrected chi connectivity index (χ2v) is 7.12. The minimum atomic E-state index is -0.400. The van der Waals surface area contributed by atoms with Gasteiger partial charge in [0.1, 0.15) is 17.1 Å². The Balaban J connectivity index is 2.01. The zero-order valence-electron chi connectivity index (χ0n) is 14.0. The number of aromatic amines is 2. The van der Waals surface area contributed by atoms with Crippen LogP contribution in [0, 0.1) is 18.3 Å². The highest BCUT2D eigenvalue weighted by Gasteiger charge is 2.24. The maximum Gasteiger partial charge on any atom is 0.301 e. The van der Waals surface area contributed by atoms with Gasteiger partial charge in [-0.25, -0.2) is 0 Å². The number of hydrogen-bond donors (Lipinski definition) is 2. The third-order valence-electron chi connectivity index (χ3n) is 3.43. The number of H-pyrrole nitrogens is 2. The molecule has 0 atom stereocenters. The van der Waals surface area contributed by atoms with E-state index in [-0.39, 0.29) is 16.9 Å². The van der Waals surface area contributed by atoms with E-state index < -0.39 is 5.56 Å². The van der Waals surface area contributed by atoms with Crippen molar-refractivity contribution in [3.8, 4) is 11.2 Å². The van der Waals surface area contributed by atoms with Gasteiger partial charge in [0.2, 0.25) is 10.9 Å². The Bertz CT molecular complexity index is 1020. The predicted octanol–water partition coefficient (Wildman–Crippen LogP) is 2.63. The number of nitriles is 1. The Hall–Kier alpha value is -3.13. The van der Waals surface area contributed by atoms with Crippen molar-refractivity contribution in [1.82, 2.24) is 30.2 Å². The van der Waals surface area contributed by atoms with E-state index in [4.69, 9.17) is 0 Å². The van der Waals surface area contributed by atoms with Crippen molar-refractivity contribution < 1.29 is 0 Å². The molecule has 0 saturated heterocycles. The molecule has 10 nitrogen and oxygen atoms in total. The standard InChI is InChI=1S/C14H15N9OS/c1-7-9(12(24)23(22-7)13-21-16-6-25-13)17-19-11-8(5-15)10(18-20-11)14(2,3)4/h6,22H,1-4H3,(H,18,20). The second kappa shape index (κ2) is 6.06. The van der Waals surface area contributed by atoms with Crippen LogP contribution in [-0.4, -0.2) is 30.2 Å². The number of aromatic nitrogens is 6. The van der Waals surface area contributed by atoms with Crippen LogP contribution < -0.4 is 5.56 Å². The van der Waals surface area contributed by atoms with Crippen LogP contribution in [0.2, 0.25) is 0 Å². The quantitative estimate of drug-likeness (QED) is 0.693. The Morgan fingerprint density at radius 3 is 2.72 bits per heavy atom. The third kappa shape index (κ3) is 2.99. The van der Waals surface area contributed by atoms with Crippen molar-refractivity contribution in [1.29, 1.82) is 5.26 Å². The van der Waals surface area contributed by atoms with Crippen molar-refractivity contribution in [2.45, 2.75) is 33.1 Å². The molecule has 0 radical (unpaired) electrons. The van der Waals surface area contributed by atoms with Gasteiger partial charge in [-0.15, -0.1) is 20.4 Å². The minimum absolute atomic E-state index is 0.124. The molecule has 0 aliphatic heterocycles. The summed E-state index contributed by atoms with van der Waals surface area (Å²) in [6.45, 7) is 7.57. The van der Waals surface area contributed by atoms with Crippen LogP contribution in [0.3, 0.4) is 0 Å². The van der Waals surface area contributed by atoms with E-state index in [0.29, 0.717) is 22.1 Å². The summed E-state index contributed by atoms with van der Waals surface area (Å²) in [7, 11) is 0. The summed E-state index contributed by atoms with van der Waals surface area (Å²) < 4.78 is 1.25. The first-order chi connectivity index (χ1) is 11.8. The van der Waals surface area contributed by atoms with Gasteiger partial charge in [0.15, 0.2) is 5.69 Å². The van der Waals surface area contributed by atoms with E-state index in [2.05, 4.69) is 41.8 Å². The fraction of sp³-hybridized carbons (Fsp3) is 0.357. The summed E-state index contributed by atoms with van der Waals surface area (Å²) >= 11 is 1.22. The minimum Gasteiger partial charge on any atom is -0.291 e. The van der Waals surface area contributed by atoms with Gasteiger partial charge in [-0.2, -0.15) is 15.0 Å². The highest BCUT2D eigenvalue weighted by Crippen LogP contribution is 2.29. The van der Waals surface area contributed by atoms with Gasteiger partial charge in [-0.3, -0.25) is 15.0 Å². The topological polar surface area (TPSA) is 141 Å². The van der Waals surface area contributed by atoms with Crippen molar-refractivity contribution >= 4 is 22.8 Å². The first-order valence-electron chi connectivity index (χ1n) is 7.31. The number of hydrogen-bond acceptors (Lipinski definition) is 8. The zero-order chi connectivity index (χ0) is 18.2. The first-order valence-corrected chi connectivity index (χ1v) is 8.19. The first kappa shape index (κ1) is 16.7. The molecule has 0 fully saturated rings. The molecule has 25 heavy (non-hydrogen) atoms. The Labute approximate surface area is 146 Å². The van der Waals surface area contributed by atoms with Crippen molar-refractivity contribution in [2.24, 2.45) is 10.2 Å². The van der Waals surface area contributed by atoms with E-state index >= 15 is 0 Å². The van der Waals surface area contributed by atoms with Crippen LogP contribution in [0.1, 0.15) is 37.7 Å².